The summed E-state index contributed by atoms with van der Waals surface area (Å²) < 4.78 is 0. The molecule has 0 radical (unpaired) electrons. The lowest BCUT2D eigenvalue weighted by molar-refractivity contribution is 0.0685. The van der Waals surface area contributed by atoms with Crippen LogP contribution in [0.15, 0.2) is 48.5 Å². The van der Waals surface area contributed by atoms with Crippen molar-refractivity contribution in [3.8, 4) is 0 Å². The second kappa shape index (κ2) is 7.59. The van der Waals surface area contributed by atoms with Crippen molar-refractivity contribution in [1.29, 1.82) is 0 Å². The number of carboxylic acids is 2. The van der Waals surface area contributed by atoms with E-state index in [9.17, 15) is 14.4 Å². The first-order valence-electron chi connectivity index (χ1n) is 6.03. The molecule has 2 N–H and O–H groups in total. The summed E-state index contributed by atoms with van der Waals surface area (Å²) in [5.41, 5.74) is 1.66. The first kappa shape index (κ1) is 16.1. The molecule has 2 aromatic carbocycles. The zero-order valence-corrected chi connectivity index (χ0v) is 11.3. The van der Waals surface area contributed by atoms with Gasteiger partial charge in [0.2, 0.25) is 0 Å². The highest BCUT2D eigenvalue weighted by atomic mass is 16.4. The molecule has 0 unspecified atom stereocenters. The maximum absolute atomic E-state index is 10.4. The van der Waals surface area contributed by atoms with E-state index in [1.54, 1.807) is 36.4 Å². The van der Waals surface area contributed by atoms with Crippen molar-refractivity contribution in [2.24, 2.45) is 0 Å². The molecule has 0 saturated heterocycles. The van der Waals surface area contributed by atoms with Crippen molar-refractivity contribution in [1.82, 2.24) is 0 Å². The Labute approximate surface area is 121 Å². The SMILES string of the molecule is Cc1ccc(C(=O)O)cc1.O=Cc1ccccc1C(=O)O. The molecule has 5 nitrogen and oxygen atoms in total. The van der Waals surface area contributed by atoms with Gasteiger partial charge in [0, 0.05) is 5.56 Å². The predicted octanol–water partition coefficient (Wildman–Crippen LogP) is 2.89. The van der Waals surface area contributed by atoms with Crippen molar-refractivity contribution in [2.75, 3.05) is 0 Å². The molecule has 5 heteroatoms. The number of hydrogen-bond acceptors (Lipinski definition) is 3. The van der Waals surface area contributed by atoms with E-state index >= 15 is 0 Å². The minimum absolute atomic E-state index is 0.0440. The Hall–Kier alpha value is -2.95. The standard InChI is InChI=1S/C8H6O3.C8H8O2/c9-5-6-3-1-2-4-7(6)8(10)11;1-6-2-4-7(5-3-6)8(9)10/h1-5H,(H,10,11);2-5H,1H3,(H,9,10). The molecule has 108 valence electrons. The minimum atomic E-state index is -1.08. The highest BCUT2D eigenvalue weighted by molar-refractivity contribution is 5.96. The second-order valence-electron chi connectivity index (χ2n) is 4.18. The van der Waals surface area contributed by atoms with Crippen molar-refractivity contribution >= 4 is 18.2 Å². The van der Waals surface area contributed by atoms with Gasteiger partial charge in [-0.2, -0.15) is 0 Å². The zero-order valence-electron chi connectivity index (χ0n) is 11.3. The summed E-state index contributed by atoms with van der Waals surface area (Å²) >= 11 is 0. The van der Waals surface area contributed by atoms with Gasteiger partial charge in [-0.1, -0.05) is 35.9 Å². The van der Waals surface area contributed by atoms with Gasteiger partial charge in [0.25, 0.3) is 0 Å². The third-order valence-corrected chi connectivity index (χ3v) is 2.62. The normalized spacial score (nSPS) is 9.19. The van der Waals surface area contributed by atoms with E-state index in [0.717, 1.165) is 5.56 Å². The number of carbonyl (C=O) groups excluding carboxylic acids is 1. The highest BCUT2D eigenvalue weighted by Gasteiger charge is 2.06. The third-order valence-electron chi connectivity index (χ3n) is 2.62. The predicted molar refractivity (Wildman–Crippen MR) is 76.9 cm³/mol. The van der Waals surface area contributed by atoms with E-state index in [2.05, 4.69) is 0 Å². The van der Waals surface area contributed by atoms with Gasteiger partial charge in [-0.15, -0.1) is 0 Å². The quantitative estimate of drug-likeness (QED) is 0.846. The van der Waals surface area contributed by atoms with Crippen LogP contribution in [0.4, 0.5) is 0 Å². The van der Waals surface area contributed by atoms with Gasteiger partial charge in [0.05, 0.1) is 11.1 Å². The lowest BCUT2D eigenvalue weighted by Crippen LogP contribution is -2.00. The number of carboxylic acid groups (broad SMARTS) is 2. The summed E-state index contributed by atoms with van der Waals surface area (Å²) in [6.45, 7) is 1.92. The van der Waals surface area contributed by atoms with Gasteiger partial charge in [-0.3, -0.25) is 4.79 Å². The van der Waals surface area contributed by atoms with E-state index in [1.807, 2.05) is 6.92 Å². The summed E-state index contributed by atoms with van der Waals surface area (Å²) in [4.78, 5) is 31.0. The third kappa shape index (κ3) is 4.91. The average Bonchev–Trinajstić information content (AvgIpc) is 2.48. The fraction of sp³-hybridized carbons (Fsp3) is 0.0625. The largest absolute Gasteiger partial charge is 0.478 e. The number of carbonyl (C=O) groups is 3. The van der Waals surface area contributed by atoms with E-state index in [4.69, 9.17) is 10.2 Å². The first-order chi connectivity index (χ1) is 9.95. The summed E-state index contributed by atoms with van der Waals surface area (Å²) in [6.07, 6.45) is 0.531. The molecule has 0 saturated carbocycles. The lowest BCUT2D eigenvalue weighted by Gasteiger charge is -1.95. The summed E-state index contributed by atoms with van der Waals surface area (Å²) in [7, 11) is 0. The molecule has 0 heterocycles. The molecule has 2 rings (SSSR count). The van der Waals surface area contributed by atoms with Crippen LogP contribution in [-0.4, -0.2) is 28.4 Å². The topological polar surface area (TPSA) is 91.7 Å². The van der Waals surface area contributed by atoms with Crippen LogP contribution in [0, 0.1) is 6.92 Å². The van der Waals surface area contributed by atoms with Gasteiger partial charge < -0.3 is 10.2 Å². The molecule has 0 aliphatic rings. The van der Waals surface area contributed by atoms with E-state index < -0.39 is 11.9 Å². The van der Waals surface area contributed by atoms with Crippen LogP contribution in [-0.2, 0) is 0 Å². The molecule has 2 aromatic rings. The van der Waals surface area contributed by atoms with Gasteiger partial charge in [0.1, 0.15) is 0 Å². The Morgan fingerprint density at radius 3 is 1.90 bits per heavy atom. The molecule has 21 heavy (non-hydrogen) atoms. The summed E-state index contributed by atoms with van der Waals surface area (Å²) in [5.74, 6) is -1.95. The fourth-order valence-corrected chi connectivity index (χ4v) is 1.49. The number of hydrogen-bond donors (Lipinski definition) is 2. The number of aryl methyl sites for hydroxylation is 1. The van der Waals surface area contributed by atoms with Crippen molar-refractivity contribution in [2.45, 2.75) is 6.92 Å². The molecule has 0 aromatic heterocycles. The van der Waals surface area contributed by atoms with Crippen LogP contribution >= 0.6 is 0 Å². The number of benzene rings is 2. The second-order valence-corrected chi connectivity index (χ2v) is 4.18. The van der Waals surface area contributed by atoms with Crippen LogP contribution in [0.1, 0.15) is 36.6 Å². The molecule has 0 spiro atoms. The number of aldehydes is 1. The minimum Gasteiger partial charge on any atom is -0.478 e. The van der Waals surface area contributed by atoms with Gasteiger partial charge >= 0.3 is 11.9 Å². The average molecular weight is 286 g/mol. The molecule has 0 aliphatic heterocycles. The van der Waals surface area contributed by atoms with Crippen molar-refractivity contribution in [3.63, 3.8) is 0 Å². The van der Waals surface area contributed by atoms with Gasteiger partial charge in [-0.25, -0.2) is 9.59 Å². The maximum Gasteiger partial charge on any atom is 0.336 e. The molecular formula is C16H14O5. The summed E-state index contributed by atoms with van der Waals surface area (Å²) in [5, 5.41) is 17.0. The van der Waals surface area contributed by atoms with Crippen LogP contribution in [0.25, 0.3) is 0 Å². The maximum atomic E-state index is 10.4. The fourth-order valence-electron chi connectivity index (χ4n) is 1.49. The number of rotatable bonds is 3. The van der Waals surface area contributed by atoms with Crippen LogP contribution in [0.2, 0.25) is 0 Å². The monoisotopic (exact) mass is 286 g/mol. The smallest absolute Gasteiger partial charge is 0.336 e. The molecule has 0 fully saturated rings. The Morgan fingerprint density at radius 1 is 0.905 bits per heavy atom. The Balaban J connectivity index is 0.000000211. The van der Waals surface area contributed by atoms with E-state index in [-0.39, 0.29) is 11.1 Å². The van der Waals surface area contributed by atoms with Gasteiger partial charge in [0.15, 0.2) is 6.29 Å². The first-order valence-corrected chi connectivity index (χ1v) is 6.03. The lowest BCUT2D eigenvalue weighted by atomic mass is 10.1. The molecule has 0 amide bonds. The molecule has 0 atom stereocenters. The van der Waals surface area contributed by atoms with Crippen molar-refractivity contribution in [3.05, 3.63) is 70.8 Å². The zero-order chi connectivity index (χ0) is 15.8. The van der Waals surface area contributed by atoms with E-state index in [0.29, 0.717) is 11.8 Å². The van der Waals surface area contributed by atoms with Crippen molar-refractivity contribution < 1.29 is 24.6 Å². The number of aromatic carboxylic acids is 2. The Kier molecular flexibility index (Phi) is 5.82. The molecule has 0 aliphatic carbocycles. The Morgan fingerprint density at radius 2 is 1.48 bits per heavy atom. The van der Waals surface area contributed by atoms with Crippen LogP contribution in [0.3, 0.4) is 0 Å². The van der Waals surface area contributed by atoms with E-state index in [1.165, 1.54) is 12.1 Å². The highest BCUT2D eigenvalue weighted by Crippen LogP contribution is 2.05. The van der Waals surface area contributed by atoms with Gasteiger partial charge in [-0.05, 0) is 25.1 Å². The van der Waals surface area contributed by atoms with Crippen LogP contribution in [0.5, 0.6) is 0 Å². The Bertz CT molecular complexity index is 644. The summed E-state index contributed by atoms with van der Waals surface area (Å²) in [6, 6.07) is 12.8. The molecular weight excluding hydrogens is 272 g/mol. The van der Waals surface area contributed by atoms with Crippen LogP contribution < -0.4 is 0 Å². The molecule has 0 bridgehead atoms.